The van der Waals surface area contributed by atoms with E-state index in [9.17, 15) is 0 Å². The minimum atomic E-state index is -2.32. The highest BCUT2D eigenvalue weighted by molar-refractivity contribution is 7.12. The number of benzene rings is 2. The molecular weight excluding hydrogens is 972 g/mol. The molecule has 420 valence electrons. The van der Waals surface area contributed by atoms with Crippen LogP contribution in [0.4, 0.5) is 0 Å². The van der Waals surface area contributed by atoms with Crippen LogP contribution in [0.5, 0.6) is 0 Å². The SMILES string of the molecule is CB(c1c([Si](C(C)C)(C(C)C)C(C)C)cc([Si](C(C)C)(C(C)C)C(C)C)cc1[Si](C(C)C)(C(C)C)C(C)C)c1c([Si](C(C)C)(C(C)C)C(C)C)cc2cc1[Si](C(C)C)(C(C)C)C(C)CC(C)[Si]2(C(C)C)C(C)C. The molecule has 73 heavy (non-hydrogen) atoms. The Bertz CT molecular complexity index is 1950. The smallest absolute Gasteiger partial charge is 0.0774 e. The van der Waals surface area contributed by atoms with Crippen molar-refractivity contribution in [2.24, 2.45) is 0 Å². The molecule has 2 unspecified atom stereocenters. The maximum Gasteiger partial charge on any atom is 0.205 e. The summed E-state index contributed by atoms with van der Waals surface area (Å²) in [4.78, 5) is 0. The molecule has 1 heterocycles. The van der Waals surface area contributed by atoms with E-state index in [0.29, 0.717) is 101 Å². The first-order chi connectivity index (χ1) is 33.2. The van der Waals surface area contributed by atoms with Crippen LogP contribution in [0.15, 0.2) is 24.3 Å². The first-order valence-electron chi connectivity index (χ1n) is 31.6. The van der Waals surface area contributed by atoms with Crippen molar-refractivity contribution in [3.8, 4) is 0 Å². The maximum absolute atomic E-state index is 3.12. The monoisotopic (exact) mass is 1100 g/mol. The summed E-state index contributed by atoms with van der Waals surface area (Å²) < 4.78 is 0. The lowest BCUT2D eigenvalue weighted by Crippen LogP contribution is -2.80. The second-order valence-corrected chi connectivity index (χ2v) is 65.8. The second-order valence-electron chi connectivity index (χ2n) is 30.8. The van der Waals surface area contributed by atoms with Crippen LogP contribution in [0.3, 0.4) is 0 Å². The van der Waals surface area contributed by atoms with Gasteiger partial charge in [0.25, 0.3) is 0 Å². The summed E-state index contributed by atoms with van der Waals surface area (Å²) in [5, 5.41) is 11.5. The molecule has 0 saturated heterocycles. The van der Waals surface area contributed by atoms with Crippen LogP contribution in [-0.4, -0.2) is 55.2 Å². The fourth-order valence-electron chi connectivity index (χ4n) is 22.5. The van der Waals surface area contributed by atoms with Crippen molar-refractivity contribution >= 4 is 97.2 Å². The molecule has 0 N–H and O–H groups in total. The van der Waals surface area contributed by atoms with E-state index in [1.165, 1.54) is 6.42 Å². The van der Waals surface area contributed by atoms with E-state index >= 15 is 0 Å². The minimum absolute atomic E-state index is 0.309. The number of rotatable bonds is 22. The summed E-state index contributed by atoms with van der Waals surface area (Å²) in [6.07, 6.45) is 1.39. The quantitative estimate of drug-likeness (QED) is 0.103. The molecule has 0 saturated carbocycles. The Labute approximate surface area is 466 Å². The highest BCUT2D eigenvalue weighted by atomic mass is 28.3. The van der Waals surface area contributed by atoms with Crippen LogP contribution in [0.2, 0.25) is 107 Å². The van der Waals surface area contributed by atoms with Crippen molar-refractivity contribution in [2.75, 3.05) is 0 Å². The van der Waals surface area contributed by atoms with E-state index in [4.69, 9.17) is 0 Å². The molecule has 7 heteroatoms. The summed E-state index contributed by atoms with van der Waals surface area (Å²) in [7, 11) is -13.5. The largest absolute Gasteiger partial charge is 0.205 e. The van der Waals surface area contributed by atoms with Crippen LogP contribution >= 0.6 is 0 Å². The van der Waals surface area contributed by atoms with Crippen molar-refractivity contribution in [1.82, 2.24) is 0 Å². The normalized spacial score (nSPS) is 18.6. The molecule has 0 aromatic heterocycles. The number of hydrogen-bond acceptors (Lipinski definition) is 0. The third kappa shape index (κ3) is 9.92. The van der Waals surface area contributed by atoms with Gasteiger partial charge in [-0.25, -0.2) is 0 Å². The molecule has 1 aliphatic heterocycles. The molecule has 2 atom stereocenters. The van der Waals surface area contributed by atoms with Gasteiger partial charge in [0.05, 0.1) is 48.4 Å². The molecule has 0 nitrogen and oxygen atoms in total. The summed E-state index contributed by atoms with van der Waals surface area (Å²) in [6.45, 7) is 95.0. The van der Waals surface area contributed by atoms with Crippen molar-refractivity contribution in [1.29, 1.82) is 0 Å². The van der Waals surface area contributed by atoms with Gasteiger partial charge in [-0.05, 0) is 99.7 Å². The molecular formula is C66H129BSi6. The summed E-state index contributed by atoms with van der Waals surface area (Å²) in [5.41, 5.74) is 15.5. The Kier molecular flexibility index (Phi) is 22.3. The lowest BCUT2D eigenvalue weighted by Gasteiger charge is -2.56. The zero-order valence-electron chi connectivity index (χ0n) is 56.0. The first kappa shape index (κ1) is 67.1. The zero-order chi connectivity index (χ0) is 57.1. The molecule has 2 bridgehead atoms. The van der Waals surface area contributed by atoms with Crippen molar-refractivity contribution in [3.05, 3.63) is 24.3 Å². The van der Waals surface area contributed by atoms with Gasteiger partial charge < -0.3 is 0 Å². The highest BCUT2D eigenvalue weighted by Crippen LogP contribution is 2.53. The predicted molar refractivity (Wildman–Crippen MR) is 361 cm³/mol. The van der Waals surface area contributed by atoms with Gasteiger partial charge >= 0.3 is 0 Å². The van der Waals surface area contributed by atoms with E-state index in [-0.39, 0.29) is 0 Å². The lowest BCUT2D eigenvalue weighted by atomic mass is 9.42. The lowest BCUT2D eigenvalue weighted by molar-refractivity contribution is 0.669. The Morgan fingerprint density at radius 3 is 0.836 bits per heavy atom. The Balaban J connectivity index is 3.39. The van der Waals surface area contributed by atoms with Crippen molar-refractivity contribution in [2.45, 2.75) is 348 Å². The highest BCUT2D eigenvalue weighted by Gasteiger charge is 2.59. The van der Waals surface area contributed by atoms with E-state index in [2.05, 4.69) is 266 Å². The van der Waals surface area contributed by atoms with Crippen LogP contribution in [0, 0.1) is 0 Å². The molecule has 3 rings (SSSR count). The topological polar surface area (TPSA) is 0 Å². The number of hydrogen-bond donors (Lipinski definition) is 0. The fourth-order valence-corrected chi connectivity index (χ4v) is 66.0. The Hall–Kier alpha value is -0.194. The Morgan fingerprint density at radius 1 is 0.342 bits per heavy atom. The van der Waals surface area contributed by atoms with Gasteiger partial charge in [0.2, 0.25) is 6.71 Å². The first-order valence-corrected chi connectivity index (χ1v) is 45.0. The van der Waals surface area contributed by atoms with Gasteiger partial charge in [0, 0.05) is 0 Å². The van der Waals surface area contributed by atoms with Crippen molar-refractivity contribution in [3.63, 3.8) is 0 Å². The van der Waals surface area contributed by atoms with Crippen LogP contribution in [0.25, 0.3) is 0 Å². The van der Waals surface area contributed by atoms with Gasteiger partial charge in [0.15, 0.2) is 0 Å². The summed E-state index contributed by atoms with van der Waals surface area (Å²) >= 11 is 0. The van der Waals surface area contributed by atoms with E-state index in [1.54, 1.807) is 0 Å². The van der Waals surface area contributed by atoms with Gasteiger partial charge in [-0.3, -0.25) is 0 Å². The fraction of sp³-hybridized carbons (Fsp3) is 0.818. The van der Waals surface area contributed by atoms with E-state index in [1.807, 2.05) is 42.0 Å². The molecule has 0 aliphatic carbocycles. The molecule has 0 spiro atoms. The molecule has 2 aromatic carbocycles. The average molecular weight is 1100 g/mol. The van der Waals surface area contributed by atoms with Gasteiger partial charge in [-0.2, -0.15) is 0 Å². The van der Waals surface area contributed by atoms with E-state index < -0.39 is 48.4 Å². The predicted octanol–water partition coefficient (Wildman–Crippen LogP) is 18.6. The third-order valence-electron chi connectivity index (χ3n) is 23.7. The van der Waals surface area contributed by atoms with Crippen molar-refractivity contribution < 1.29 is 0 Å². The van der Waals surface area contributed by atoms with Gasteiger partial charge in [0.1, 0.15) is 0 Å². The Morgan fingerprint density at radius 2 is 0.589 bits per heavy atom. The minimum Gasteiger partial charge on any atom is -0.0774 e. The molecule has 0 amide bonds. The maximum atomic E-state index is 3.12. The third-order valence-corrected chi connectivity index (χ3v) is 66.0. The standard InChI is InChI=1S/C66H129BSi6/c1-41(2)68(42(3)4,43(5)6)59-37-61(69(44(7)8,45(9)10)46(11)12)65(62(38-59)70(47(13)14,48(15)16)49(17)18)67(35)66-63(71(50(19)20,51(21)22)52(23)24)39-60-40-64(66)73(55(29)30,56(31)32)58(34)36-57(33)72(60,53(25)26)54(27)28/h37-58H,36H2,1-35H3. The van der Waals surface area contributed by atoms with Crippen LogP contribution in [0.1, 0.15) is 242 Å². The second kappa shape index (κ2) is 24.3. The molecule has 1 aliphatic rings. The van der Waals surface area contributed by atoms with Gasteiger partial charge in [-0.1, -0.05) is 315 Å². The molecule has 2 aromatic rings. The molecule has 0 radical (unpaired) electrons. The van der Waals surface area contributed by atoms with Gasteiger partial charge in [-0.15, -0.1) is 0 Å². The van der Waals surface area contributed by atoms with Crippen LogP contribution in [-0.2, 0) is 0 Å². The summed E-state index contributed by atoms with van der Waals surface area (Å²) in [5.74, 6) is 0. The van der Waals surface area contributed by atoms with E-state index in [0.717, 1.165) is 5.54 Å². The average Bonchev–Trinajstić information content (AvgIpc) is 3.19. The van der Waals surface area contributed by atoms with Crippen LogP contribution < -0.4 is 42.0 Å². The number of fused-ring (bicyclic) bond motifs is 2. The molecule has 0 fully saturated rings. The zero-order valence-corrected chi connectivity index (χ0v) is 62.0. The summed E-state index contributed by atoms with van der Waals surface area (Å²) in [6, 6.07) is 12.5.